The first kappa shape index (κ1) is 11.9. The highest BCUT2D eigenvalue weighted by atomic mass is 16.4. The Morgan fingerprint density at radius 2 is 2.18 bits per heavy atom. The second kappa shape index (κ2) is 4.75. The van der Waals surface area contributed by atoms with Crippen molar-refractivity contribution in [2.24, 2.45) is 7.05 Å². The molecule has 0 aliphatic carbocycles. The minimum Gasteiger partial charge on any atom is -0.408 e. The summed E-state index contributed by atoms with van der Waals surface area (Å²) < 4.78 is 6.71. The SMILES string of the molecule is CCNC(CC)c1ccc2c(c1)oc(=O)n2C. The summed E-state index contributed by atoms with van der Waals surface area (Å²) in [6, 6.07) is 6.26. The van der Waals surface area contributed by atoms with E-state index in [9.17, 15) is 4.79 Å². The Kier molecular flexibility index (Phi) is 3.33. The van der Waals surface area contributed by atoms with E-state index < -0.39 is 0 Å². The lowest BCUT2D eigenvalue weighted by Gasteiger charge is -2.15. The van der Waals surface area contributed by atoms with Crippen LogP contribution < -0.4 is 11.1 Å². The van der Waals surface area contributed by atoms with E-state index in [1.807, 2.05) is 18.2 Å². The number of benzene rings is 1. The van der Waals surface area contributed by atoms with Crippen molar-refractivity contribution in [2.45, 2.75) is 26.3 Å². The van der Waals surface area contributed by atoms with Gasteiger partial charge in [0.15, 0.2) is 5.58 Å². The summed E-state index contributed by atoms with van der Waals surface area (Å²) in [5.41, 5.74) is 2.66. The Labute approximate surface area is 100 Å². The third kappa shape index (κ3) is 2.13. The van der Waals surface area contributed by atoms with E-state index in [2.05, 4.69) is 19.2 Å². The number of aryl methyl sites for hydroxylation is 1. The van der Waals surface area contributed by atoms with Gasteiger partial charge < -0.3 is 9.73 Å². The molecule has 4 heteroatoms. The Bertz CT molecular complexity index is 568. The minimum atomic E-state index is -0.311. The van der Waals surface area contributed by atoms with Crippen molar-refractivity contribution in [1.29, 1.82) is 0 Å². The molecule has 1 aromatic carbocycles. The number of hydrogen-bond donors (Lipinski definition) is 1. The average molecular weight is 234 g/mol. The topological polar surface area (TPSA) is 47.2 Å². The Morgan fingerprint density at radius 3 is 2.82 bits per heavy atom. The van der Waals surface area contributed by atoms with Gasteiger partial charge in [0.2, 0.25) is 0 Å². The maximum absolute atomic E-state index is 11.4. The van der Waals surface area contributed by atoms with Crippen LogP contribution in [-0.4, -0.2) is 11.1 Å². The van der Waals surface area contributed by atoms with Gasteiger partial charge in [-0.2, -0.15) is 0 Å². The molecule has 1 aromatic heterocycles. The molecular formula is C13H18N2O2. The van der Waals surface area contributed by atoms with Gasteiger partial charge in [-0.05, 0) is 30.7 Å². The van der Waals surface area contributed by atoms with Crippen LogP contribution in [0.4, 0.5) is 0 Å². The van der Waals surface area contributed by atoms with Crippen LogP contribution in [0.2, 0.25) is 0 Å². The van der Waals surface area contributed by atoms with Crippen LogP contribution >= 0.6 is 0 Å². The van der Waals surface area contributed by atoms with Crippen LogP contribution in [0.1, 0.15) is 31.9 Å². The van der Waals surface area contributed by atoms with Crippen molar-refractivity contribution in [2.75, 3.05) is 6.54 Å². The summed E-state index contributed by atoms with van der Waals surface area (Å²) in [6.45, 7) is 5.15. The highest BCUT2D eigenvalue weighted by molar-refractivity contribution is 5.73. The van der Waals surface area contributed by atoms with E-state index in [0.717, 1.165) is 24.0 Å². The van der Waals surface area contributed by atoms with E-state index in [1.54, 1.807) is 7.05 Å². The van der Waals surface area contributed by atoms with Crippen LogP contribution in [0, 0.1) is 0 Å². The predicted molar refractivity (Wildman–Crippen MR) is 68.2 cm³/mol. The zero-order valence-electron chi connectivity index (χ0n) is 10.5. The molecule has 1 N–H and O–H groups in total. The second-order valence-electron chi connectivity index (χ2n) is 4.17. The smallest absolute Gasteiger partial charge is 0.408 e. The van der Waals surface area contributed by atoms with Crippen molar-refractivity contribution in [3.63, 3.8) is 0 Å². The van der Waals surface area contributed by atoms with Crippen LogP contribution in [0.15, 0.2) is 27.4 Å². The first-order valence-electron chi connectivity index (χ1n) is 6.00. The van der Waals surface area contributed by atoms with Crippen molar-refractivity contribution >= 4 is 11.1 Å². The molecule has 0 amide bonds. The first-order chi connectivity index (χ1) is 8.17. The van der Waals surface area contributed by atoms with Gasteiger partial charge in [-0.1, -0.05) is 19.9 Å². The van der Waals surface area contributed by atoms with E-state index in [1.165, 1.54) is 4.57 Å². The molecule has 0 fully saturated rings. The normalized spacial score (nSPS) is 13.1. The lowest BCUT2D eigenvalue weighted by molar-refractivity contribution is 0.522. The van der Waals surface area contributed by atoms with E-state index >= 15 is 0 Å². The van der Waals surface area contributed by atoms with E-state index in [0.29, 0.717) is 11.6 Å². The van der Waals surface area contributed by atoms with Crippen molar-refractivity contribution in [1.82, 2.24) is 9.88 Å². The van der Waals surface area contributed by atoms with Gasteiger partial charge >= 0.3 is 5.76 Å². The zero-order chi connectivity index (χ0) is 12.4. The molecule has 0 aliphatic rings. The summed E-state index contributed by atoms with van der Waals surface area (Å²) in [4.78, 5) is 11.4. The van der Waals surface area contributed by atoms with Crippen molar-refractivity contribution in [3.8, 4) is 0 Å². The van der Waals surface area contributed by atoms with Gasteiger partial charge in [0.1, 0.15) is 0 Å². The first-order valence-corrected chi connectivity index (χ1v) is 6.00. The highest BCUT2D eigenvalue weighted by Gasteiger charge is 2.11. The fourth-order valence-electron chi connectivity index (χ4n) is 2.11. The van der Waals surface area contributed by atoms with Gasteiger partial charge in [-0.25, -0.2) is 4.79 Å². The van der Waals surface area contributed by atoms with Crippen LogP contribution in [0.25, 0.3) is 11.1 Å². The maximum Gasteiger partial charge on any atom is 0.419 e. The van der Waals surface area contributed by atoms with Crippen LogP contribution in [0.3, 0.4) is 0 Å². The summed E-state index contributed by atoms with van der Waals surface area (Å²) >= 11 is 0. The zero-order valence-corrected chi connectivity index (χ0v) is 10.5. The van der Waals surface area contributed by atoms with Gasteiger partial charge in [-0.15, -0.1) is 0 Å². The standard InChI is InChI=1S/C13H18N2O2/c1-4-10(14-5-2)9-6-7-11-12(8-9)17-13(16)15(11)3/h6-8,10,14H,4-5H2,1-3H3. The Hall–Kier alpha value is -1.55. The fraction of sp³-hybridized carbons (Fsp3) is 0.462. The van der Waals surface area contributed by atoms with Crippen LogP contribution in [0.5, 0.6) is 0 Å². The molecule has 0 saturated heterocycles. The molecule has 0 radical (unpaired) electrons. The number of nitrogens with zero attached hydrogens (tertiary/aromatic N) is 1. The quantitative estimate of drug-likeness (QED) is 0.882. The number of hydrogen-bond acceptors (Lipinski definition) is 3. The fourth-order valence-corrected chi connectivity index (χ4v) is 2.11. The third-order valence-corrected chi connectivity index (χ3v) is 3.08. The summed E-state index contributed by atoms with van der Waals surface area (Å²) in [5, 5.41) is 3.41. The molecule has 0 bridgehead atoms. The molecule has 0 saturated carbocycles. The van der Waals surface area contributed by atoms with Crippen molar-refractivity contribution in [3.05, 3.63) is 34.3 Å². The van der Waals surface area contributed by atoms with Crippen LogP contribution in [-0.2, 0) is 7.05 Å². The lowest BCUT2D eigenvalue weighted by atomic mass is 10.0. The van der Waals surface area contributed by atoms with Crippen molar-refractivity contribution < 1.29 is 4.42 Å². The third-order valence-electron chi connectivity index (χ3n) is 3.08. The average Bonchev–Trinajstić information content (AvgIpc) is 2.61. The summed E-state index contributed by atoms with van der Waals surface area (Å²) in [6.07, 6.45) is 1.01. The number of aromatic nitrogens is 1. The number of rotatable bonds is 4. The molecule has 1 heterocycles. The van der Waals surface area contributed by atoms with Gasteiger partial charge in [-0.3, -0.25) is 4.57 Å². The molecular weight excluding hydrogens is 216 g/mol. The molecule has 1 atom stereocenters. The van der Waals surface area contributed by atoms with Gasteiger partial charge in [0.05, 0.1) is 5.52 Å². The molecule has 92 valence electrons. The van der Waals surface area contributed by atoms with Gasteiger partial charge in [0.25, 0.3) is 0 Å². The Balaban J connectivity index is 2.47. The molecule has 0 spiro atoms. The van der Waals surface area contributed by atoms with E-state index in [-0.39, 0.29) is 5.76 Å². The number of nitrogens with one attached hydrogen (secondary N) is 1. The summed E-state index contributed by atoms with van der Waals surface area (Å²) in [5.74, 6) is -0.311. The largest absolute Gasteiger partial charge is 0.419 e. The second-order valence-corrected chi connectivity index (χ2v) is 4.17. The molecule has 2 rings (SSSR count). The molecule has 0 aliphatic heterocycles. The van der Waals surface area contributed by atoms with E-state index in [4.69, 9.17) is 4.42 Å². The summed E-state index contributed by atoms with van der Waals surface area (Å²) in [7, 11) is 1.72. The molecule has 1 unspecified atom stereocenters. The number of oxazole rings is 1. The lowest BCUT2D eigenvalue weighted by Crippen LogP contribution is -2.19. The molecule has 17 heavy (non-hydrogen) atoms. The maximum atomic E-state index is 11.4. The Morgan fingerprint density at radius 1 is 1.41 bits per heavy atom. The highest BCUT2D eigenvalue weighted by Crippen LogP contribution is 2.21. The minimum absolute atomic E-state index is 0.311. The predicted octanol–water partition coefficient (Wildman–Crippen LogP) is 2.19. The number of fused-ring (bicyclic) bond motifs is 1. The molecule has 2 aromatic rings. The molecule has 4 nitrogen and oxygen atoms in total. The monoisotopic (exact) mass is 234 g/mol. The van der Waals surface area contributed by atoms with Gasteiger partial charge in [0, 0.05) is 13.1 Å².